The number of methoxy groups -OCH3 is 1. The van der Waals surface area contributed by atoms with Gasteiger partial charge in [-0.3, -0.25) is 4.90 Å². The number of amides is 1. The molecule has 1 fully saturated rings. The number of esters is 1. The maximum absolute atomic E-state index is 11.7. The smallest absolute Gasteiger partial charge is 0.410 e. The molecule has 2 rings (SSSR count). The van der Waals surface area contributed by atoms with Crippen molar-refractivity contribution >= 4 is 12.1 Å². The minimum Gasteiger partial charge on any atom is -0.467 e. The van der Waals surface area contributed by atoms with Crippen molar-refractivity contribution in [3.8, 4) is 0 Å². The molecule has 0 aliphatic carbocycles. The zero-order valence-electron chi connectivity index (χ0n) is 10.2. The van der Waals surface area contributed by atoms with Crippen LogP contribution in [0.15, 0.2) is 30.3 Å². The standard InChI is InChI=1S/C13H15NO4/c1-17-12(15)11-7-8-18-13(16)14(11)9-10-5-3-2-4-6-10/h2-6,11H,7-9H2,1H3. The number of carbonyl (C=O) groups excluding carboxylic acids is 2. The van der Waals surface area contributed by atoms with Crippen molar-refractivity contribution in [2.24, 2.45) is 0 Å². The van der Waals surface area contributed by atoms with Crippen LogP contribution < -0.4 is 0 Å². The molecule has 1 heterocycles. The number of nitrogens with zero attached hydrogens (tertiary/aromatic N) is 1. The van der Waals surface area contributed by atoms with E-state index < -0.39 is 18.1 Å². The van der Waals surface area contributed by atoms with Gasteiger partial charge in [0.25, 0.3) is 0 Å². The van der Waals surface area contributed by atoms with Crippen molar-refractivity contribution in [3.63, 3.8) is 0 Å². The quantitative estimate of drug-likeness (QED) is 0.763. The third-order valence-electron chi connectivity index (χ3n) is 2.90. The van der Waals surface area contributed by atoms with E-state index in [0.717, 1.165) is 5.56 Å². The highest BCUT2D eigenvalue weighted by molar-refractivity contribution is 5.82. The molecule has 0 bridgehead atoms. The highest BCUT2D eigenvalue weighted by Crippen LogP contribution is 2.18. The van der Waals surface area contributed by atoms with Crippen LogP contribution in [0.2, 0.25) is 0 Å². The molecule has 0 radical (unpaired) electrons. The van der Waals surface area contributed by atoms with Crippen molar-refractivity contribution in [1.29, 1.82) is 0 Å². The number of benzene rings is 1. The van der Waals surface area contributed by atoms with Gasteiger partial charge in [-0.2, -0.15) is 0 Å². The summed E-state index contributed by atoms with van der Waals surface area (Å²) in [6.45, 7) is 0.601. The van der Waals surface area contributed by atoms with Crippen LogP contribution in [0.5, 0.6) is 0 Å². The van der Waals surface area contributed by atoms with E-state index in [1.807, 2.05) is 30.3 Å². The molecule has 0 spiro atoms. The normalized spacial score (nSPS) is 19.3. The Kier molecular flexibility index (Phi) is 3.82. The van der Waals surface area contributed by atoms with Crippen molar-refractivity contribution < 1.29 is 19.1 Å². The van der Waals surface area contributed by atoms with Crippen LogP contribution in [0.25, 0.3) is 0 Å². The van der Waals surface area contributed by atoms with Crippen molar-refractivity contribution in [3.05, 3.63) is 35.9 Å². The maximum atomic E-state index is 11.7. The van der Waals surface area contributed by atoms with Gasteiger partial charge in [0.05, 0.1) is 13.7 Å². The SMILES string of the molecule is COC(=O)C1CCOC(=O)N1Cc1ccccc1. The first-order valence-corrected chi connectivity index (χ1v) is 5.77. The van der Waals surface area contributed by atoms with E-state index in [-0.39, 0.29) is 6.61 Å². The summed E-state index contributed by atoms with van der Waals surface area (Å²) in [5, 5.41) is 0. The van der Waals surface area contributed by atoms with Gasteiger partial charge < -0.3 is 9.47 Å². The molecule has 1 amide bonds. The van der Waals surface area contributed by atoms with E-state index in [4.69, 9.17) is 9.47 Å². The highest BCUT2D eigenvalue weighted by atomic mass is 16.6. The molecular weight excluding hydrogens is 234 g/mol. The molecule has 0 aromatic heterocycles. The summed E-state index contributed by atoms with van der Waals surface area (Å²) in [7, 11) is 1.32. The van der Waals surface area contributed by atoms with Crippen molar-refractivity contribution in [2.75, 3.05) is 13.7 Å². The Morgan fingerprint density at radius 2 is 2.17 bits per heavy atom. The zero-order chi connectivity index (χ0) is 13.0. The molecule has 5 heteroatoms. The molecule has 1 aromatic carbocycles. The fourth-order valence-electron chi connectivity index (χ4n) is 1.96. The predicted molar refractivity (Wildman–Crippen MR) is 63.8 cm³/mol. The summed E-state index contributed by atoms with van der Waals surface area (Å²) in [4.78, 5) is 24.8. The summed E-state index contributed by atoms with van der Waals surface area (Å²) in [6.07, 6.45) is -0.00822. The second-order valence-corrected chi connectivity index (χ2v) is 4.06. The van der Waals surface area contributed by atoms with Crippen LogP contribution >= 0.6 is 0 Å². The van der Waals surface area contributed by atoms with E-state index in [9.17, 15) is 9.59 Å². The fraction of sp³-hybridized carbons (Fsp3) is 0.385. The van der Waals surface area contributed by atoms with Gasteiger partial charge in [0.1, 0.15) is 6.04 Å². The average Bonchev–Trinajstić information content (AvgIpc) is 2.41. The minimum absolute atomic E-state index is 0.254. The lowest BCUT2D eigenvalue weighted by atomic mass is 10.1. The van der Waals surface area contributed by atoms with Crippen LogP contribution in [-0.4, -0.2) is 36.7 Å². The lowest BCUT2D eigenvalue weighted by molar-refractivity contribution is -0.148. The van der Waals surface area contributed by atoms with Gasteiger partial charge in [0, 0.05) is 13.0 Å². The van der Waals surface area contributed by atoms with Crippen LogP contribution in [0.1, 0.15) is 12.0 Å². The molecular formula is C13H15NO4. The van der Waals surface area contributed by atoms with E-state index in [0.29, 0.717) is 13.0 Å². The maximum Gasteiger partial charge on any atom is 0.410 e. The number of ether oxygens (including phenoxy) is 2. The first kappa shape index (κ1) is 12.4. The van der Waals surface area contributed by atoms with Gasteiger partial charge in [-0.05, 0) is 5.56 Å². The molecule has 0 N–H and O–H groups in total. The molecule has 1 aromatic rings. The lowest BCUT2D eigenvalue weighted by Crippen LogP contribution is -2.49. The zero-order valence-corrected chi connectivity index (χ0v) is 10.2. The summed E-state index contributed by atoms with van der Waals surface area (Å²) < 4.78 is 9.68. The molecule has 96 valence electrons. The number of hydrogen-bond donors (Lipinski definition) is 0. The van der Waals surface area contributed by atoms with Crippen molar-refractivity contribution in [1.82, 2.24) is 4.90 Å². The Morgan fingerprint density at radius 3 is 2.83 bits per heavy atom. The minimum atomic E-state index is -0.559. The Bertz CT molecular complexity index is 432. The molecule has 1 aliphatic rings. The molecule has 1 saturated heterocycles. The lowest BCUT2D eigenvalue weighted by Gasteiger charge is -2.33. The Labute approximate surface area is 105 Å². The second kappa shape index (κ2) is 5.53. The number of rotatable bonds is 3. The van der Waals surface area contributed by atoms with E-state index in [1.54, 1.807) is 0 Å². The van der Waals surface area contributed by atoms with Crippen molar-refractivity contribution in [2.45, 2.75) is 19.0 Å². The van der Waals surface area contributed by atoms with Gasteiger partial charge in [-0.15, -0.1) is 0 Å². The molecule has 1 atom stereocenters. The highest BCUT2D eigenvalue weighted by Gasteiger charge is 2.35. The van der Waals surface area contributed by atoms with Crippen LogP contribution in [0.4, 0.5) is 4.79 Å². The number of cyclic esters (lactones) is 1. The predicted octanol–water partition coefficient (Wildman–Crippen LogP) is 1.57. The Balaban J connectivity index is 2.15. The molecule has 1 aliphatic heterocycles. The van der Waals surface area contributed by atoms with E-state index in [2.05, 4.69) is 0 Å². The summed E-state index contributed by atoms with van der Waals surface area (Å²) in [6, 6.07) is 8.91. The van der Waals surface area contributed by atoms with Gasteiger partial charge in [0.2, 0.25) is 0 Å². The van der Waals surface area contributed by atoms with Crippen LogP contribution in [0, 0.1) is 0 Å². The molecule has 18 heavy (non-hydrogen) atoms. The van der Waals surface area contributed by atoms with Gasteiger partial charge >= 0.3 is 12.1 Å². The molecule has 1 unspecified atom stereocenters. The second-order valence-electron chi connectivity index (χ2n) is 4.06. The fourth-order valence-corrected chi connectivity index (χ4v) is 1.96. The molecule has 5 nitrogen and oxygen atoms in total. The van der Waals surface area contributed by atoms with Gasteiger partial charge in [-0.25, -0.2) is 9.59 Å². The van der Waals surface area contributed by atoms with Gasteiger partial charge in [-0.1, -0.05) is 30.3 Å². The summed E-state index contributed by atoms with van der Waals surface area (Å²) in [5.74, 6) is -0.400. The Morgan fingerprint density at radius 1 is 1.44 bits per heavy atom. The first-order chi connectivity index (χ1) is 8.72. The Hall–Kier alpha value is -2.04. The number of hydrogen-bond acceptors (Lipinski definition) is 4. The van der Waals surface area contributed by atoms with Crippen LogP contribution in [0.3, 0.4) is 0 Å². The largest absolute Gasteiger partial charge is 0.467 e. The third-order valence-corrected chi connectivity index (χ3v) is 2.90. The molecule has 0 saturated carbocycles. The average molecular weight is 249 g/mol. The topological polar surface area (TPSA) is 55.8 Å². The van der Waals surface area contributed by atoms with E-state index in [1.165, 1.54) is 12.0 Å². The third kappa shape index (κ3) is 2.61. The summed E-state index contributed by atoms with van der Waals surface area (Å²) >= 11 is 0. The van der Waals surface area contributed by atoms with E-state index >= 15 is 0 Å². The number of carbonyl (C=O) groups is 2. The summed E-state index contributed by atoms with van der Waals surface area (Å²) in [5.41, 5.74) is 0.949. The van der Waals surface area contributed by atoms with Gasteiger partial charge in [0.15, 0.2) is 0 Å². The monoisotopic (exact) mass is 249 g/mol. The van der Waals surface area contributed by atoms with Crippen LogP contribution in [-0.2, 0) is 20.8 Å². The first-order valence-electron chi connectivity index (χ1n) is 5.77.